The maximum absolute atomic E-state index is 5.65. The quantitative estimate of drug-likeness (QED) is 0.692. The Morgan fingerprint density at radius 3 is 2.57 bits per heavy atom. The Bertz CT molecular complexity index is 196. The van der Waals surface area contributed by atoms with Crippen molar-refractivity contribution in [2.45, 2.75) is 51.7 Å². The molecule has 0 bridgehead atoms. The molecule has 1 aliphatic rings. The van der Waals surface area contributed by atoms with Crippen molar-refractivity contribution in [2.75, 3.05) is 13.2 Å². The highest BCUT2D eigenvalue weighted by molar-refractivity contribution is 4.95. The molecular weight excluding hydrogens is 174 g/mol. The minimum atomic E-state index is 0.450. The molecule has 1 rings (SSSR count). The zero-order valence-corrected chi connectivity index (χ0v) is 9.31. The Balaban J connectivity index is 2.11. The number of hydrogen-bond donors (Lipinski definition) is 1. The Labute approximate surface area is 87.4 Å². The molecule has 0 aromatic rings. The molecule has 80 valence electrons. The van der Waals surface area contributed by atoms with Crippen LogP contribution in [0.5, 0.6) is 0 Å². The molecule has 0 aliphatic heterocycles. The summed E-state index contributed by atoms with van der Waals surface area (Å²) in [6.07, 6.45) is 5.31. The summed E-state index contributed by atoms with van der Waals surface area (Å²) in [4.78, 5) is 0. The van der Waals surface area contributed by atoms with Gasteiger partial charge in [0.1, 0.15) is 6.61 Å². The van der Waals surface area contributed by atoms with Gasteiger partial charge in [0, 0.05) is 6.04 Å². The summed E-state index contributed by atoms with van der Waals surface area (Å²) in [6, 6.07) is 0.720. The maximum atomic E-state index is 5.65. The van der Waals surface area contributed by atoms with Crippen LogP contribution in [0, 0.1) is 11.8 Å². The lowest BCUT2D eigenvalue weighted by Gasteiger charge is -2.28. The number of rotatable bonds is 4. The van der Waals surface area contributed by atoms with Gasteiger partial charge in [-0.3, -0.25) is 0 Å². The fourth-order valence-corrected chi connectivity index (χ4v) is 1.95. The SMILES string of the molecule is CC#CCOC1CCC(NCC)CC1. The first-order valence-electron chi connectivity index (χ1n) is 5.61. The lowest BCUT2D eigenvalue weighted by atomic mass is 9.93. The molecule has 14 heavy (non-hydrogen) atoms. The predicted octanol–water partition coefficient (Wildman–Crippen LogP) is 1.95. The Morgan fingerprint density at radius 1 is 1.29 bits per heavy atom. The molecule has 0 spiro atoms. The van der Waals surface area contributed by atoms with Crippen molar-refractivity contribution >= 4 is 0 Å². The van der Waals surface area contributed by atoms with E-state index in [-0.39, 0.29) is 0 Å². The van der Waals surface area contributed by atoms with Gasteiger partial charge >= 0.3 is 0 Å². The van der Waals surface area contributed by atoms with Gasteiger partial charge in [0.25, 0.3) is 0 Å². The summed E-state index contributed by atoms with van der Waals surface area (Å²) in [7, 11) is 0. The van der Waals surface area contributed by atoms with Gasteiger partial charge < -0.3 is 10.1 Å². The van der Waals surface area contributed by atoms with Crippen molar-refractivity contribution in [1.82, 2.24) is 5.32 Å². The summed E-state index contributed by atoms with van der Waals surface area (Å²) >= 11 is 0. The van der Waals surface area contributed by atoms with Crippen molar-refractivity contribution in [3.05, 3.63) is 0 Å². The average molecular weight is 195 g/mol. The minimum absolute atomic E-state index is 0.450. The van der Waals surface area contributed by atoms with Crippen molar-refractivity contribution in [3.8, 4) is 11.8 Å². The second-order valence-electron chi connectivity index (χ2n) is 3.77. The van der Waals surface area contributed by atoms with E-state index in [2.05, 4.69) is 24.1 Å². The fourth-order valence-electron chi connectivity index (χ4n) is 1.95. The Morgan fingerprint density at radius 2 is 2.00 bits per heavy atom. The van der Waals surface area contributed by atoms with Crippen LogP contribution in [0.3, 0.4) is 0 Å². The molecule has 1 saturated carbocycles. The molecule has 0 aromatic heterocycles. The van der Waals surface area contributed by atoms with Crippen LogP contribution in [0.2, 0.25) is 0 Å². The number of nitrogens with one attached hydrogen (secondary N) is 1. The largest absolute Gasteiger partial charge is 0.366 e. The summed E-state index contributed by atoms with van der Waals surface area (Å²) in [5, 5.41) is 3.49. The monoisotopic (exact) mass is 195 g/mol. The van der Waals surface area contributed by atoms with Crippen molar-refractivity contribution < 1.29 is 4.74 Å². The molecule has 0 aromatic carbocycles. The highest BCUT2D eigenvalue weighted by atomic mass is 16.5. The molecule has 1 aliphatic carbocycles. The van der Waals surface area contributed by atoms with Gasteiger partial charge in [0.05, 0.1) is 6.10 Å². The summed E-state index contributed by atoms with van der Waals surface area (Å²) in [5.74, 6) is 5.79. The normalized spacial score (nSPS) is 26.7. The molecule has 2 heteroatoms. The van der Waals surface area contributed by atoms with E-state index >= 15 is 0 Å². The van der Waals surface area contributed by atoms with Crippen LogP contribution >= 0.6 is 0 Å². The van der Waals surface area contributed by atoms with Gasteiger partial charge in [0.15, 0.2) is 0 Å². The molecule has 2 nitrogen and oxygen atoms in total. The summed E-state index contributed by atoms with van der Waals surface area (Å²) in [5.41, 5.74) is 0. The van der Waals surface area contributed by atoms with Crippen molar-refractivity contribution in [1.29, 1.82) is 0 Å². The molecule has 0 unspecified atom stereocenters. The zero-order valence-electron chi connectivity index (χ0n) is 9.31. The van der Waals surface area contributed by atoms with E-state index in [9.17, 15) is 0 Å². The second-order valence-corrected chi connectivity index (χ2v) is 3.77. The minimum Gasteiger partial charge on any atom is -0.366 e. The molecule has 1 N–H and O–H groups in total. The van der Waals surface area contributed by atoms with Crippen LogP contribution in [-0.4, -0.2) is 25.3 Å². The van der Waals surface area contributed by atoms with Gasteiger partial charge in [-0.2, -0.15) is 0 Å². The van der Waals surface area contributed by atoms with E-state index < -0.39 is 0 Å². The third-order valence-electron chi connectivity index (χ3n) is 2.73. The van der Waals surface area contributed by atoms with E-state index in [1.54, 1.807) is 0 Å². The molecule has 0 saturated heterocycles. The van der Waals surface area contributed by atoms with Crippen LogP contribution in [0.25, 0.3) is 0 Å². The van der Waals surface area contributed by atoms with Gasteiger partial charge in [-0.15, -0.1) is 5.92 Å². The summed E-state index contributed by atoms with van der Waals surface area (Å²) < 4.78 is 5.65. The lowest BCUT2D eigenvalue weighted by molar-refractivity contribution is 0.0427. The standard InChI is InChI=1S/C12H21NO/c1-3-5-10-14-12-8-6-11(7-9-12)13-4-2/h11-13H,4,6-10H2,1-2H3. The zero-order chi connectivity index (χ0) is 10.2. The first-order chi connectivity index (χ1) is 6.86. The van der Waals surface area contributed by atoms with Gasteiger partial charge in [-0.25, -0.2) is 0 Å². The topological polar surface area (TPSA) is 21.3 Å². The molecular formula is C12H21NO. The third-order valence-corrected chi connectivity index (χ3v) is 2.73. The fraction of sp³-hybridized carbons (Fsp3) is 0.833. The first kappa shape index (κ1) is 11.6. The van der Waals surface area contributed by atoms with E-state index in [4.69, 9.17) is 4.74 Å². The lowest BCUT2D eigenvalue weighted by Crippen LogP contribution is -2.35. The van der Waals surface area contributed by atoms with Crippen molar-refractivity contribution in [2.24, 2.45) is 0 Å². The molecule has 0 amide bonds. The van der Waals surface area contributed by atoms with E-state index in [0.29, 0.717) is 12.7 Å². The van der Waals surface area contributed by atoms with Gasteiger partial charge in [-0.1, -0.05) is 12.8 Å². The van der Waals surface area contributed by atoms with E-state index in [0.717, 1.165) is 12.6 Å². The number of hydrogen-bond acceptors (Lipinski definition) is 2. The van der Waals surface area contributed by atoms with Crippen molar-refractivity contribution in [3.63, 3.8) is 0 Å². The van der Waals surface area contributed by atoms with Crippen LogP contribution < -0.4 is 5.32 Å². The second kappa shape index (κ2) is 6.86. The predicted molar refractivity (Wildman–Crippen MR) is 59.1 cm³/mol. The third kappa shape index (κ3) is 4.13. The highest BCUT2D eigenvalue weighted by Crippen LogP contribution is 2.20. The summed E-state index contributed by atoms with van der Waals surface area (Å²) in [6.45, 7) is 5.70. The molecule has 0 radical (unpaired) electrons. The Hall–Kier alpha value is -0.520. The average Bonchev–Trinajstić information content (AvgIpc) is 2.21. The van der Waals surface area contributed by atoms with Crippen LogP contribution in [-0.2, 0) is 4.74 Å². The van der Waals surface area contributed by atoms with Gasteiger partial charge in [-0.05, 0) is 39.2 Å². The van der Waals surface area contributed by atoms with Crippen LogP contribution in [0.4, 0.5) is 0 Å². The smallest absolute Gasteiger partial charge is 0.108 e. The maximum Gasteiger partial charge on any atom is 0.108 e. The van der Waals surface area contributed by atoms with Gasteiger partial charge in [0.2, 0.25) is 0 Å². The van der Waals surface area contributed by atoms with Crippen LogP contribution in [0.1, 0.15) is 39.5 Å². The molecule has 0 heterocycles. The Kier molecular flexibility index (Phi) is 5.66. The van der Waals surface area contributed by atoms with E-state index in [1.165, 1.54) is 25.7 Å². The first-order valence-corrected chi connectivity index (χ1v) is 5.61. The highest BCUT2D eigenvalue weighted by Gasteiger charge is 2.20. The number of ether oxygens (including phenoxy) is 1. The molecule has 1 fully saturated rings. The van der Waals surface area contributed by atoms with Crippen LogP contribution in [0.15, 0.2) is 0 Å². The molecule has 0 atom stereocenters. The van der Waals surface area contributed by atoms with E-state index in [1.807, 2.05) is 6.92 Å².